The van der Waals surface area contributed by atoms with E-state index in [4.69, 9.17) is 4.74 Å². The molecule has 2 aliphatic rings. The first-order valence-corrected chi connectivity index (χ1v) is 7.83. The smallest absolute Gasteiger partial charge is 0.166 e. The van der Waals surface area contributed by atoms with Gasteiger partial charge >= 0.3 is 0 Å². The first-order valence-electron chi connectivity index (χ1n) is 7.04. The average molecular weight is 323 g/mol. The minimum Gasteiger partial charge on any atom is -0.496 e. The molecule has 1 aromatic carbocycles. The Morgan fingerprint density at radius 3 is 2.84 bits per heavy atom. The third-order valence-electron chi connectivity index (χ3n) is 4.80. The molecule has 0 spiro atoms. The zero-order valence-electron chi connectivity index (χ0n) is 11.2. The number of ether oxygens (including phenoxy) is 1. The molecule has 3 unspecified atom stereocenters. The van der Waals surface area contributed by atoms with E-state index in [0.717, 1.165) is 21.9 Å². The molecule has 3 atom stereocenters. The lowest BCUT2D eigenvalue weighted by Gasteiger charge is -2.21. The highest BCUT2D eigenvalue weighted by Gasteiger charge is 2.40. The Morgan fingerprint density at radius 2 is 2.21 bits per heavy atom. The Labute approximate surface area is 122 Å². The first-order chi connectivity index (χ1) is 9.17. The molecule has 0 heterocycles. The molecule has 0 amide bonds. The minimum atomic E-state index is 0.238. The van der Waals surface area contributed by atoms with E-state index < -0.39 is 0 Å². The molecule has 0 radical (unpaired) electrons. The Bertz CT molecular complexity index is 498. The van der Waals surface area contributed by atoms with Gasteiger partial charge in [0.15, 0.2) is 5.78 Å². The Morgan fingerprint density at radius 1 is 1.37 bits per heavy atom. The molecular formula is C16H19BrO2. The van der Waals surface area contributed by atoms with Gasteiger partial charge in [-0.1, -0.05) is 22.4 Å². The summed E-state index contributed by atoms with van der Waals surface area (Å²) in [6.45, 7) is 0. The van der Waals surface area contributed by atoms with Crippen molar-refractivity contribution in [3.63, 3.8) is 0 Å². The summed E-state index contributed by atoms with van der Waals surface area (Å²) in [4.78, 5) is 12.5. The van der Waals surface area contributed by atoms with Gasteiger partial charge in [0.25, 0.3) is 0 Å². The molecule has 3 rings (SSSR count). The van der Waals surface area contributed by atoms with Crippen LogP contribution in [0.4, 0.5) is 0 Å². The minimum absolute atomic E-state index is 0.238. The van der Waals surface area contributed by atoms with Crippen LogP contribution in [0.15, 0.2) is 22.7 Å². The third-order valence-corrected chi connectivity index (χ3v) is 5.29. The van der Waals surface area contributed by atoms with Gasteiger partial charge in [-0.05, 0) is 55.2 Å². The maximum absolute atomic E-state index is 12.5. The van der Waals surface area contributed by atoms with Crippen molar-refractivity contribution >= 4 is 21.7 Å². The SMILES string of the molecule is COc1cc(Br)ccc1C(=O)CC1CC2CCC1C2. The molecule has 2 bridgehead atoms. The number of hydrogen-bond acceptors (Lipinski definition) is 2. The predicted molar refractivity (Wildman–Crippen MR) is 78.6 cm³/mol. The number of carbonyl (C=O) groups excluding carboxylic acids is 1. The highest BCUT2D eigenvalue weighted by atomic mass is 79.9. The van der Waals surface area contributed by atoms with Crippen LogP contribution >= 0.6 is 15.9 Å². The standard InChI is InChI=1S/C16H19BrO2/c1-19-16-9-13(17)4-5-14(16)15(18)8-12-7-10-2-3-11(12)6-10/h4-5,9-12H,2-3,6-8H2,1H3. The van der Waals surface area contributed by atoms with Crippen molar-refractivity contribution in [1.82, 2.24) is 0 Å². The second-order valence-electron chi connectivity index (χ2n) is 5.91. The summed E-state index contributed by atoms with van der Waals surface area (Å²) in [5.41, 5.74) is 0.730. The van der Waals surface area contributed by atoms with Gasteiger partial charge in [-0.3, -0.25) is 4.79 Å². The van der Waals surface area contributed by atoms with Crippen molar-refractivity contribution in [2.24, 2.45) is 17.8 Å². The van der Waals surface area contributed by atoms with E-state index in [0.29, 0.717) is 18.1 Å². The molecule has 2 fully saturated rings. The Kier molecular flexibility index (Phi) is 3.66. The molecule has 102 valence electrons. The van der Waals surface area contributed by atoms with Gasteiger partial charge in [-0.25, -0.2) is 0 Å². The van der Waals surface area contributed by atoms with Crippen molar-refractivity contribution in [2.75, 3.05) is 7.11 Å². The molecule has 19 heavy (non-hydrogen) atoms. The second kappa shape index (κ2) is 5.28. The van der Waals surface area contributed by atoms with Crippen LogP contribution in [0.5, 0.6) is 5.75 Å². The summed E-state index contributed by atoms with van der Waals surface area (Å²) in [6, 6.07) is 5.66. The summed E-state index contributed by atoms with van der Waals surface area (Å²) in [7, 11) is 1.62. The Hall–Kier alpha value is -0.830. The fourth-order valence-corrected chi connectivity index (χ4v) is 4.21. The van der Waals surface area contributed by atoms with Gasteiger partial charge < -0.3 is 4.74 Å². The number of rotatable bonds is 4. The zero-order valence-corrected chi connectivity index (χ0v) is 12.8. The number of halogens is 1. The average Bonchev–Trinajstić information content (AvgIpc) is 3.00. The van der Waals surface area contributed by atoms with Crippen LogP contribution < -0.4 is 4.74 Å². The van der Waals surface area contributed by atoms with E-state index in [1.165, 1.54) is 25.7 Å². The number of hydrogen-bond donors (Lipinski definition) is 0. The number of benzene rings is 1. The van der Waals surface area contributed by atoms with Crippen molar-refractivity contribution in [1.29, 1.82) is 0 Å². The van der Waals surface area contributed by atoms with Gasteiger partial charge in [-0.2, -0.15) is 0 Å². The van der Waals surface area contributed by atoms with Crippen LogP contribution in [0.25, 0.3) is 0 Å². The van der Waals surface area contributed by atoms with Crippen molar-refractivity contribution in [2.45, 2.75) is 32.1 Å². The van der Waals surface area contributed by atoms with Crippen LogP contribution in [0.3, 0.4) is 0 Å². The summed E-state index contributed by atoms with van der Waals surface area (Å²) in [5, 5.41) is 0. The van der Waals surface area contributed by atoms with Crippen LogP contribution in [0.2, 0.25) is 0 Å². The van der Waals surface area contributed by atoms with E-state index >= 15 is 0 Å². The van der Waals surface area contributed by atoms with E-state index in [2.05, 4.69) is 15.9 Å². The third kappa shape index (κ3) is 2.58. The van der Waals surface area contributed by atoms with Crippen molar-refractivity contribution in [3.8, 4) is 5.75 Å². The maximum Gasteiger partial charge on any atom is 0.166 e. The lowest BCUT2D eigenvalue weighted by Crippen LogP contribution is -2.15. The van der Waals surface area contributed by atoms with Crippen molar-refractivity contribution in [3.05, 3.63) is 28.2 Å². The number of methoxy groups -OCH3 is 1. The highest BCUT2D eigenvalue weighted by Crippen LogP contribution is 2.50. The topological polar surface area (TPSA) is 26.3 Å². The molecule has 0 aromatic heterocycles. The summed E-state index contributed by atoms with van der Waals surface area (Å²) < 4.78 is 6.27. The monoisotopic (exact) mass is 322 g/mol. The molecule has 3 heteroatoms. The van der Waals surface area contributed by atoms with Crippen LogP contribution in [-0.4, -0.2) is 12.9 Å². The molecule has 0 saturated heterocycles. The van der Waals surface area contributed by atoms with E-state index in [-0.39, 0.29) is 5.78 Å². The number of Topliss-reactive ketones (excluding diaryl/α,β-unsaturated/α-hetero) is 1. The van der Waals surface area contributed by atoms with Gasteiger partial charge in [0, 0.05) is 10.9 Å². The maximum atomic E-state index is 12.5. The quantitative estimate of drug-likeness (QED) is 0.764. The van der Waals surface area contributed by atoms with Gasteiger partial charge in [0.2, 0.25) is 0 Å². The van der Waals surface area contributed by atoms with Gasteiger partial charge in [0.05, 0.1) is 12.7 Å². The number of carbonyl (C=O) groups is 1. The summed E-state index contributed by atoms with van der Waals surface area (Å²) in [5.74, 6) is 3.23. The molecule has 0 N–H and O–H groups in total. The first kappa shape index (κ1) is 13.2. The fourth-order valence-electron chi connectivity index (χ4n) is 3.87. The summed E-state index contributed by atoms with van der Waals surface area (Å²) in [6.07, 6.45) is 6.03. The molecule has 2 aliphatic carbocycles. The predicted octanol–water partition coefficient (Wildman–Crippen LogP) is 4.47. The van der Waals surface area contributed by atoms with E-state index in [1.54, 1.807) is 7.11 Å². The van der Waals surface area contributed by atoms with Crippen LogP contribution in [-0.2, 0) is 0 Å². The lowest BCUT2D eigenvalue weighted by molar-refractivity contribution is 0.0941. The van der Waals surface area contributed by atoms with Gasteiger partial charge in [0.1, 0.15) is 5.75 Å². The number of fused-ring (bicyclic) bond motifs is 2. The highest BCUT2D eigenvalue weighted by molar-refractivity contribution is 9.10. The molecular weight excluding hydrogens is 304 g/mol. The van der Waals surface area contributed by atoms with E-state index in [1.807, 2.05) is 18.2 Å². The molecule has 0 aliphatic heterocycles. The lowest BCUT2D eigenvalue weighted by atomic mass is 9.84. The van der Waals surface area contributed by atoms with Gasteiger partial charge in [-0.15, -0.1) is 0 Å². The van der Waals surface area contributed by atoms with Crippen LogP contribution in [0, 0.1) is 17.8 Å². The van der Waals surface area contributed by atoms with Crippen LogP contribution in [0.1, 0.15) is 42.5 Å². The normalized spacial score (nSPS) is 28.6. The van der Waals surface area contributed by atoms with E-state index in [9.17, 15) is 4.79 Å². The van der Waals surface area contributed by atoms with Crippen molar-refractivity contribution < 1.29 is 9.53 Å². The largest absolute Gasteiger partial charge is 0.496 e. The Balaban J connectivity index is 1.73. The molecule has 1 aromatic rings. The summed E-state index contributed by atoms with van der Waals surface area (Å²) >= 11 is 3.41. The fraction of sp³-hybridized carbons (Fsp3) is 0.562. The molecule has 2 nitrogen and oxygen atoms in total. The zero-order chi connectivity index (χ0) is 13.4. The molecule has 2 saturated carbocycles. The second-order valence-corrected chi connectivity index (χ2v) is 6.82. The number of ketones is 1.